The van der Waals surface area contributed by atoms with Gasteiger partial charge in [-0.1, -0.05) is 0 Å². The van der Waals surface area contributed by atoms with Gasteiger partial charge in [-0.2, -0.15) is 0 Å². The quantitative estimate of drug-likeness (QED) is 0.790. The third-order valence-corrected chi connectivity index (χ3v) is 2.97. The molecule has 1 aromatic carbocycles. The van der Waals surface area contributed by atoms with Crippen LogP contribution in [0.4, 0.5) is 5.69 Å². The number of aromatic nitrogens is 3. The molecule has 100 valence electrons. The van der Waals surface area contributed by atoms with Crippen LogP contribution >= 0.6 is 0 Å². The van der Waals surface area contributed by atoms with E-state index in [0.29, 0.717) is 24.2 Å². The third-order valence-electron chi connectivity index (χ3n) is 2.97. The number of nitrogens with two attached hydrogens (primary N) is 1. The maximum atomic E-state index is 11.9. The van der Waals surface area contributed by atoms with Gasteiger partial charge in [0, 0.05) is 31.3 Å². The molecule has 0 spiro atoms. The summed E-state index contributed by atoms with van der Waals surface area (Å²) in [5.41, 5.74) is 7.93. The van der Waals surface area contributed by atoms with Crippen LogP contribution in [-0.2, 0) is 13.5 Å². The SMILES string of the molecule is Cc1cc(C(=O)NCCc2nncn2C)ccc1N. The molecule has 0 aliphatic carbocycles. The van der Waals surface area contributed by atoms with E-state index >= 15 is 0 Å². The Labute approximate surface area is 111 Å². The van der Waals surface area contributed by atoms with Crippen LogP contribution in [0.25, 0.3) is 0 Å². The normalized spacial score (nSPS) is 10.4. The number of benzene rings is 1. The summed E-state index contributed by atoms with van der Waals surface area (Å²) in [7, 11) is 1.88. The van der Waals surface area contributed by atoms with Crippen molar-refractivity contribution in [3.05, 3.63) is 41.5 Å². The van der Waals surface area contributed by atoms with E-state index in [0.717, 1.165) is 11.4 Å². The molecule has 2 aromatic rings. The molecule has 0 atom stereocenters. The van der Waals surface area contributed by atoms with Crippen molar-refractivity contribution in [2.75, 3.05) is 12.3 Å². The number of aryl methyl sites for hydroxylation is 2. The summed E-state index contributed by atoms with van der Waals surface area (Å²) in [6.45, 7) is 2.40. The van der Waals surface area contributed by atoms with Crippen LogP contribution in [0, 0.1) is 6.92 Å². The molecule has 0 aliphatic heterocycles. The van der Waals surface area contributed by atoms with E-state index in [1.54, 1.807) is 24.5 Å². The van der Waals surface area contributed by atoms with E-state index < -0.39 is 0 Å². The second kappa shape index (κ2) is 5.51. The molecule has 0 saturated carbocycles. The van der Waals surface area contributed by atoms with Crippen molar-refractivity contribution in [3.8, 4) is 0 Å². The standard InChI is InChI=1S/C13H17N5O/c1-9-7-10(3-4-11(9)14)13(19)15-6-5-12-17-16-8-18(12)2/h3-4,7-8H,5-6,14H2,1-2H3,(H,15,19). The lowest BCUT2D eigenvalue weighted by atomic mass is 10.1. The van der Waals surface area contributed by atoms with Gasteiger partial charge in [-0.25, -0.2) is 0 Å². The predicted octanol–water partition coefficient (Wildman–Crippen LogP) is 0.678. The zero-order valence-electron chi connectivity index (χ0n) is 11.1. The Balaban J connectivity index is 1.91. The fraction of sp³-hybridized carbons (Fsp3) is 0.308. The fourth-order valence-electron chi connectivity index (χ4n) is 1.74. The summed E-state index contributed by atoms with van der Waals surface area (Å²) in [6.07, 6.45) is 2.29. The molecule has 1 amide bonds. The number of nitrogen functional groups attached to an aromatic ring is 1. The number of amides is 1. The highest BCUT2D eigenvalue weighted by atomic mass is 16.1. The van der Waals surface area contributed by atoms with Crippen LogP contribution in [0.15, 0.2) is 24.5 Å². The van der Waals surface area contributed by atoms with Gasteiger partial charge in [-0.15, -0.1) is 10.2 Å². The van der Waals surface area contributed by atoms with E-state index in [4.69, 9.17) is 5.73 Å². The molecule has 2 rings (SSSR count). The lowest BCUT2D eigenvalue weighted by Gasteiger charge is -2.07. The van der Waals surface area contributed by atoms with E-state index in [1.807, 2.05) is 18.5 Å². The van der Waals surface area contributed by atoms with Crippen LogP contribution in [0.3, 0.4) is 0 Å². The van der Waals surface area contributed by atoms with Gasteiger partial charge in [-0.3, -0.25) is 4.79 Å². The second-order valence-electron chi connectivity index (χ2n) is 4.44. The highest BCUT2D eigenvalue weighted by molar-refractivity contribution is 5.94. The van der Waals surface area contributed by atoms with Crippen LogP contribution in [0.2, 0.25) is 0 Å². The molecule has 0 radical (unpaired) electrons. The minimum Gasteiger partial charge on any atom is -0.399 e. The molecule has 3 N–H and O–H groups in total. The molecule has 6 nitrogen and oxygen atoms in total. The number of rotatable bonds is 4. The Morgan fingerprint density at radius 3 is 2.89 bits per heavy atom. The zero-order valence-corrected chi connectivity index (χ0v) is 11.1. The number of anilines is 1. The Morgan fingerprint density at radius 1 is 1.47 bits per heavy atom. The van der Waals surface area contributed by atoms with E-state index in [2.05, 4.69) is 15.5 Å². The van der Waals surface area contributed by atoms with E-state index in [1.165, 1.54) is 0 Å². The minimum atomic E-state index is -0.106. The highest BCUT2D eigenvalue weighted by Crippen LogP contribution is 2.12. The molecule has 1 aromatic heterocycles. The summed E-state index contributed by atoms with van der Waals surface area (Å²) in [6, 6.07) is 5.25. The van der Waals surface area contributed by atoms with Gasteiger partial charge in [0.1, 0.15) is 12.2 Å². The summed E-state index contributed by atoms with van der Waals surface area (Å²) in [5.74, 6) is 0.735. The van der Waals surface area contributed by atoms with Crippen molar-refractivity contribution in [2.45, 2.75) is 13.3 Å². The van der Waals surface area contributed by atoms with Crippen LogP contribution in [-0.4, -0.2) is 27.2 Å². The van der Waals surface area contributed by atoms with Crippen LogP contribution < -0.4 is 11.1 Å². The Hall–Kier alpha value is -2.37. The smallest absolute Gasteiger partial charge is 0.251 e. The summed E-state index contributed by atoms with van der Waals surface area (Å²) in [5, 5.41) is 10.6. The first-order valence-corrected chi connectivity index (χ1v) is 6.05. The third kappa shape index (κ3) is 3.09. The summed E-state index contributed by atoms with van der Waals surface area (Å²) in [4.78, 5) is 11.9. The van der Waals surface area contributed by atoms with Gasteiger partial charge >= 0.3 is 0 Å². The molecule has 0 unspecified atom stereocenters. The molecule has 1 heterocycles. The molecule has 0 fully saturated rings. The number of hydrogen-bond acceptors (Lipinski definition) is 4. The number of carbonyl (C=O) groups excluding carboxylic acids is 1. The average molecular weight is 259 g/mol. The van der Waals surface area contributed by atoms with Gasteiger partial charge < -0.3 is 15.6 Å². The summed E-state index contributed by atoms with van der Waals surface area (Å²) >= 11 is 0. The van der Waals surface area contributed by atoms with E-state index in [9.17, 15) is 4.79 Å². The first-order valence-electron chi connectivity index (χ1n) is 6.05. The van der Waals surface area contributed by atoms with Crippen molar-refractivity contribution in [2.24, 2.45) is 7.05 Å². The van der Waals surface area contributed by atoms with E-state index in [-0.39, 0.29) is 5.91 Å². The number of hydrogen-bond donors (Lipinski definition) is 2. The van der Waals surface area contributed by atoms with Crippen molar-refractivity contribution in [1.82, 2.24) is 20.1 Å². The molecular formula is C13H17N5O. The number of nitrogens with zero attached hydrogens (tertiary/aromatic N) is 3. The predicted molar refractivity (Wildman–Crippen MR) is 72.6 cm³/mol. The molecule has 19 heavy (non-hydrogen) atoms. The topological polar surface area (TPSA) is 85.8 Å². The largest absolute Gasteiger partial charge is 0.399 e. The number of nitrogens with one attached hydrogen (secondary N) is 1. The van der Waals surface area contributed by atoms with Crippen LogP contribution in [0.5, 0.6) is 0 Å². The lowest BCUT2D eigenvalue weighted by molar-refractivity contribution is 0.0954. The Bertz CT molecular complexity index is 590. The van der Waals surface area contributed by atoms with Gasteiger partial charge in [0.2, 0.25) is 0 Å². The Morgan fingerprint density at radius 2 is 2.26 bits per heavy atom. The van der Waals surface area contributed by atoms with Crippen molar-refractivity contribution < 1.29 is 4.79 Å². The first-order chi connectivity index (χ1) is 9.08. The van der Waals surface area contributed by atoms with Crippen molar-refractivity contribution in [1.29, 1.82) is 0 Å². The zero-order chi connectivity index (χ0) is 13.8. The first kappa shape index (κ1) is 13.1. The van der Waals surface area contributed by atoms with Gasteiger partial charge in [-0.05, 0) is 30.7 Å². The monoisotopic (exact) mass is 259 g/mol. The fourth-order valence-corrected chi connectivity index (χ4v) is 1.74. The van der Waals surface area contributed by atoms with Gasteiger partial charge in [0.15, 0.2) is 0 Å². The number of carbonyl (C=O) groups is 1. The van der Waals surface area contributed by atoms with Crippen molar-refractivity contribution in [3.63, 3.8) is 0 Å². The second-order valence-corrected chi connectivity index (χ2v) is 4.44. The van der Waals surface area contributed by atoms with Crippen molar-refractivity contribution >= 4 is 11.6 Å². The van der Waals surface area contributed by atoms with Gasteiger partial charge in [0.25, 0.3) is 5.91 Å². The molecule has 0 saturated heterocycles. The maximum absolute atomic E-state index is 11.9. The molecular weight excluding hydrogens is 242 g/mol. The lowest BCUT2D eigenvalue weighted by Crippen LogP contribution is -2.26. The molecule has 0 aliphatic rings. The minimum absolute atomic E-state index is 0.106. The molecule has 0 bridgehead atoms. The Kier molecular flexibility index (Phi) is 3.79. The highest BCUT2D eigenvalue weighted by Gasteiger charge is 2.07. The van der Waals surface area contributed by atoms with Gasteiger partial charge in [0.05, 0.1) is 0 Å². The summed E-state index contributed by atoms with van der Waals surface area (Å²) < 4.78 is 1.83. The average Bonchev–Trinajstić information content (AvgIpc) is 2.78. The molecule has 6 heteroatoms. The van der Waals surface area contributed by atoms with Crippen LogP contribution in [0.1, 0.15) is 21.7 Å². The maximum Gasteiger partial charge on any atom is 0.251 e.